The van der Waals surface area contributed by atoms with Gasteiger partial charge in [-0.2, -0.15) is 0 Å². The van der Waals surface area contributed by atoms with E-state index in [2.05, 4.69) is 4.74 Å². The zero-order chi connectivity index (χ0) is 15.2. The van der Waals surface area contributed by atoms with Crippen LogP contribution in [0.15, 0.2) is 60.4 Å². The molecule has 21 heavy (non-hydrogen) atoms. The van der Waals surface area contributed by atoms with Crippen LogP contribution in [-0.4, -0.2) is 18.2 Å². The number of ether oxygens (including phenoxy) is 1. The highest BCUT2D eigenvalue weighted by molar-refractivity contribution is 5.89. The van der Waals surface area contributed by atoms with E-state index in [1.54, 1.807) is 54.6 Å². The first-order chi connectivity index (χ1) is 10.1. The number of halogens is 1. The minimum Gasteiger partial charge on any atom is -0.465 e. The van der Waals surface area contributed by atoms with Crippen LogP contribution in [-0.2, 0) is 4.74 Å². The summed E-state index contributed by atoms with van der Waals surface area (Å²) in [6, 6.07) is 14.8. The highest BCUT2D eigenvalue weighted by Gasteiger charge is 2.13. The summed E-state index contributed by atoms with van der Waals surface area (Å²) in [5.74, 6) is -1.11. The maximum atomic E-state index is 14.0. The summed E-state index contributed by atoms with van der Waals surface area (Å²) in [5.41, 5.74) is 1.42. The molecule has 0 bridgehead atoms. The van der Waals surface area contributed by atoms with Gasteiger partial charge in [0.15, 0.2) is 0 Å². The number of carbonyl (C=O) groups is 1. The molecule has 2 aromatic carbocycles. The van der Waals surface area contributed by atoms with Gasteiger partial charge in [0, 0.05) is 0 Å². The number of aliphatic hydroxyl groups excluding tert-OH is 1. The van der Waals surface area contributed by atoms with Crippen molar-refractivity contribution in [2.24, 2.45) is 0 Å². The quantitative estimate of drug-likeness (QED) is 0.875. The lowest BCUT2D eigenvalue weighted by atomic mass is 10.1. The lowest BCUT2D eigenvalue weighted by Gasteiger charge is -2.08. The Kier molecular flexibility index (Phi) is 4.85. The maximum absolute atomic E-state index is 14.0. The first kappa shape index (κ1) is 14.9. The fraction of sp³-hybridized carbons (Fsp3) is 0.118. The van der Waals surface area contributed by atoms with Gasteiger partial charge in [0.1, 0.15) is 11.9 Å². The molecule has 108 valence electrons. The van der Waals surface area contributed by atoms with E-state index < -0.39 is 17.9 Å². The molecule has 0 saturated heterocycles. The zero-order valence-electron chi connectivity index (χ0n) is 11.5. The fourth-order valence-electron chi connectivity index (χ4n) is 1.87. The molecule has 0 aliphatic carbocycles. The van der Waals surface area contributed by atoms with Crippen molar-refractivity contribution in [3.8, 4) is 0 Å². The monoisotopic (exact) mass is 286 g/mol. The topological polar surface area (TPSA) is 46.5 Å². The van der Waals surface area contributed by atoms with Crippen molar-refractivity contribution >= 4 is 12.0 Å². The van der Waals surface area contributed by atoms with Crippen LogP contribution in [0.4, 0.5) is 4.39 Å². The fourth-order valence-corrected chi connectivity index (χ4v) is 1.87. The Labute approximate surface area is 122 Å². The molecule has 2 aromatic rings. The Hall–Kier alpha value is -2.46. The van der Waals surface area contributed by atoms with Crippen LogP contribution in [0, 0.1) is 0 Å². The Morgan fingerprint density at radius 2 is 1.76 bits per heavy atom. The lowest BCUT2D eigenvalue weighted by Crippen LogP contribution is -2.00. The average Bonchev–Trinajstić information content (AvgIpc) is 2.55. The molecule has 3 nitrogen and oxygen atoms in total. The van der Waals surface area contributed by atoms with E-state index in [0.29, 0.717) is 16.7 Å². The van der Waals surface area contributed by atoms with E-state index in [-0.39, 0.29) is 0 Å². The van der Waals surface area contributed by atoms with Crippen LogP contribution in [0.2, 0.25) is 0 Å². The van der Waals surface area contributed by atoms with E-state index in [0.717, 1.165) is 0 Å². The van der Waals surface area contributed by atoms with Gasteiger partial charge >= 0.3 is 5.97 Å². The second-order valence-corrected chi connectivity index (χ2v) is 4.46. The molecule has 0 aliphatic rings. The summed E-state index contributed by atoms with van der Waals surface area (Å²) < 4.78 is 18.6. The van der Waals surface area contributed by atoms with E-state index in [1.165, 1.54) is 13.2 Å². The molecule has 0 fully saturated rings. The normalized spacial score (nSPS) is 12.8. The summed E-state index contributed by atoms with van der Waals surface area (Å²) in [6.07, 6.45) is -0.0647. The summed E-state index contributed by atoms with van der Waals surface area (Å²) in [7, 11) is 1.30. The third-order valence-electron chi connectivity index (χ3n) is 3.01. The van der Waals surface area contributed by atoms with Gasteiger partial charge in [-0.1, -0.05) is 42.5 Å². The van der Waals surface area contributed by atoms with Crippen LogP contribution in [0.25, 0.3) is 6.08 Å². The van der Waals surface area contributed by atoms with E-state index >= 15 is 0 Å². The number of benzene rings is 2. The van der Waals surface area contributed by atoms with Crippen molar-refractivity contribution in [3.05, 3.63) is 77.1 Å². The molecular formula is C17H15FO3. The van der Waals surface area contributed by atoms with Gasteiger partial charge in [0.25, 0.3) is 0 Å². The minimum absolute atomic E-state index is 0.388. The van der Waals surface area contributed by atoms with Crippen LogP contribution in [0.1, 0.15) is 27.6 Å². The molecule has 0 aromatic heterocycles. The highest BCUT2D eigenvalue weighted by Crippen LogP contribution is 2.24. The molecule has 0 radical (unpaired) electrons. The van der Waals surface area contributed by atoms with Crippen molar-refractivity contribution in [1.29, 1.82) is 0 Å². The second kappa shape index (κ2) is 6.81. The van der Waals surface area contributed by atoms with Crippen LogP contribution in [0.3, 0.4) is 0 Å². The van der Waals surface area contributed by atoms with Gasteiger partial charge in [0.05, 0.1) is 12.7 Å². The molecule has 4 heteroatoms. The minimum atomic E-state index is -1.30. The first-order valence-electron chi connectivity index (χ1n) is 6.40. The number of aliphatic hydroxyl groups is 1. The summed E-state index contributed by atoms with van der Waals surface area (Å²) >= 11 is 0. The molecule has 1 atom stereocenters. The molecule has 0 amide bonds. The van der Waals surface area contributed by atoms with Crippen LogP contribution >= 0.6 is 0 Å². The van der Waals surface area contributed by atoms with Crippen LogP contribution in [0.5, 0.6) is 0 Å². The second-order valence-electron chi connectivity index (χ2n) is 4.46. The summed E-state index contributed by atoms with van der Waals surface area (Å²) in [4.78, 5) is 11.3. The Morgan fingerprint density at radius 3 is 2.33 bits per heavy atom. The van der Waals surface area contributed by atoms with E-state index in [1.807, 2.05) is 0 Å². The van der Waals surface area contributed by atoms with Gasteiger partial charge in [0.2, 0.25) is 0 Å². The van der Waals surface area contributed by atoms with Crippen molar-refractivity contribution < 1.29 is 19.0 Å². The number of carbonyl (C=O) groups excluding carboxylic acids is 1. The van der Waals surface area contributed by atoms with Crippen molar-refractivity contribution in [2.75, 3.05) is 7.11 Å². The Bertz CT molecular complexity index is 633. The summed E-state index contributed by atoms with van der Waals surface area (Å²) in [6.45, 7) is 0. The number of rotatable bonds is 4. The number of esters is 1. The molecule has 0 spiro atoms. The molecule has 1 unspecified atom stereocenters. The number of methoxy groups -OCH3 is 1. The van der Waals surface area contributed by atoms with Gasteiger partial charge < -0.3 is 9.84 Å². The Morgan fingerprint density at radius 1 is 1.14 bits per heavy atom. The van der Waals surface area contributed by atoms with Gasteiger partial charge in [-0.05, 0) is 29.3 Å². The predicted octanol–water partition coefficient (Wildman–Crippen LogP) is 3.52. The summed E-state index contributed by atoms with van der Waals surface area (Å²) in [5, 5.41) is 9.91. The van der Waals surface area contributed by atoms with Gasteiger partial charge in [-0.25, -0.2) is 9.18 Å². The number of hydrogen-bond donors (Lipinski definition) is 1. The third-order valence-corrected chi connectivity index (χ3v) is 3.01. The van der Waals surface area contributed by atoms with Crippen molar-refractivity contribution in [1.82, 2.24) is 0 Å². The number of hydrogen-bond acceptors (Lipinski definition) is 3. The van der Waals surface area contributed by atoms with E-state index in [4.69, 9.17) is 0 Å². The van der Waals surface area contributed by atoms with Crippen LogP contribution < -0.4 is 0 Å². The highest BCUT2D eigenvalue weighted by atomic mass is 19.1. The standard InChI is InChI=1S/C17H15FO3/c1-21-17(20)14-9-7-12(8-10-14)11-15(18)16(19)13-5-3-2-4-6-13/h2-11,16,19H,1H3/b15-11-. The van der Waals surface area contributed by atoms with E-state index in [9.17, 15) is 14.3 Å². The van der Waals surface area contributed by atoms with Gasteiger partial charge in [-0.3, -0.25) is 0 Å². The average molecular weight is 286 g/mol. The largest absolute Gasteiger partial charge is 0.465 e. The Balaban J connectivity index is 2.17. The molecule has 1 N–H and O–H groups in total. The lowest BCUT2D eigenvalue weighted by molar-refractivity contribution is 0.0600. The molecule has 0 heterocycles. The third kappa shape index (κ3) is 3.77. The molecule has 0 saturated carbocycles. The van der Waals surface area contributed by atoms with Crippen molar-refractivity contribution in [2.45, 2.75) is 6.10 Å². The molecule has 2 rings (SSSR count). The predicted molar refractivity (Wildman–Crippen MR) is 78.3 cm³/mol. The van der Waals surface area contributed by atoms with Crippen molar-refractivity contribution in [3.63, 3.8) is 0 Å². The van der Waals surface area contributed by atoms with Gasteiger partial charge in [-0.15, -0.1) is 0 Å². The maximum Gasteiger partial charge on any atom is 0.337 e. The molecule has 0 aliphatic heterocycles. The molecular weight excluding hydrogens is 271 g/mol. The smallest absolute Gasteiger partial charge is 0.337 e. The SMILES string of the molecule is COC(=O)c1ccc(/C=C(\F)C(O)c2ccccc2)cc1. The first-order valence-corrected chi connectivity index (χ1v) is 6.40. The zero-order valence-corrected chi connectivity index (χ0v) is 11.5.